The van der Waals surface area contributed by atoms with Crippen molar-refractivity contribution in [3.05, 3.63) is 113 Å². The van der Waals surface area contributed by atoms with Crippen LogP contribution in [0.4, 0.5) is 14.9 Å². The molecule has 0 unspecified atom stereocenters. The normalized spacial score (nSPS) is 14.1. The number of furan rings is 1. The topological polar surface area (TPSA) is 91.6 Å². The molecule has 1 saturated carbocycles. The minimum absolute atomic E-state index is 0. The summed E-state index contributed by atoms with van der Waals surface area (Å²) < 4.78 is 25.6. The fraction of sp³-hybridized carbons (Fsp3) is 0.152. The van der Waals surface area contributed by atoms with Crippen LogP contribution in [-0.4, -0.2) is 12.1 Å². The Labute approximate surface area is 268 Å². The number of nitrogens with one attached hydrogen (secondary N) is 1. The summed E-state index contributed by atoms with van der Waals surface area (Å²) in [5, 5.41) is 15.3. The van der Waals surface area contributed by atoms with E-state index >= 15 is 0 Å². The third kappa shape index (κ3) is 5.70. The van der Waals surface area contributed by atoms with E-state index < -0.39 is 29.4 Å². The molecule has 1 aliphatic carbocycles. The van der Waals surface area contributed by atoms with Crippen LogP contribution in [0.2, 0.25) is 5.02 Å². The molecule has 5 aromatic rings. The average molecular weight is 592 g/mol. The Hall–Kier alpha value is -3.62. The van der Waals surface area contributed by atoms with E-state index in [4.69, 9.17) is 20.8 Å². The second kappa shape index (κ2) is 11.9. The van der Waals surface area contributed by atoms with Crippen LogP contribution in [0, 0.1) is 5.82 Å². The van der Waals surface area contributed by atoms with Crippen molar-refractivity contribution >= 4 is 40.3 Å². The zero-order chi connectivity index (χ0) is 28.7. The number of carbonyl (C=O) groups excluding carboxylic acids is 2. The van der Waals surface area contributed by atoms with Crippen LogP contribution in [0.1, 0.15) is 37.0 Å². The van der Waals surface area contributed by atoms with Crippen molar-refractivity contribution in [2.75, 3.05) is 5.32 Å². The molecule has 0 saturated heterocycles. The molecule has 1 heterocycles. The fourth-order valence-corrected chi connectivity index (χ4v) is 5.38. The van der Waals surface area contributed by atoms with Crippen LogP contribution in [0.3, 0.4) is 0 Å². The predicted molar refractivity (Wildman–Crippen MR) is 153 cm³/mol. The molecule has 0 radical (unpaired) electrons. The summed E-state index contributed by atoms with van der Waals surface area (Å²) in [7, 11) is 0. The number of rotatable bonds is 7. The number of carbonyl (C=O) groups is 2. The first kappa shape index (κ1) is 29.9. The first-order valence-electron chi connectivity index (χ1n) is 13.1. The number of amides is 1. The van der Waals surface area contributed by atoms with Gasteiger partial charge in [-0.05, 0) is 54.7 Å². The van der Waals surface area contributed by atoms with Crippen LogP contribution in [-0.2, 0) is 14.9 Å². The molecule has 42 heavy (non-hydrogen) atoms. The third-order valence-electron chi connectivity index (χ3n) is 7.56. The number of hydrogen-bond acceptors (Lipinski definition) is 5. The number of fused-ring (bicyclic) bond motifs is 1. The quantitative estimate of drug-likeness (QED) is 0.278. The summed E-state index contributed by atoms with van der Waals surface area (Å²) in [4.78, 5) is 24.5. The second-order valence-electron chi connectivity index (χ2n) is 10.2. The van der Waals surface area contributed by atoms with Crippen molar-refractivity contribution < 1.29 is 57.8 Å². The Morgan fingerprint density at radius 3 is 2.19 bits per heavy atom. The first-order valence-corrected chi connectivity index (χ1v) is 13.5. The number of hydrogen-bond donors (Lipinski definition) is 1. The molecule has 1 amide bonds. The van der Waals surface area contributed by atoms with Crippen molar-refractivity contribution in [1.29, 1.82) is 0 Å². The molecular formula is C33H24ClFNNaO5. The van der Waals surface area contributed by atoms with Gasteiger partial charge in [-0.3, -0.25) is 5.32 Å². The van der Waals surface area contributed by atoms with Gasteiger partial charge in [-0.1, -0.05) is 78.3 Å². The summed E-state index contributed by atoms with van der Waals surface area (Å²) >= 11 is 6.26. The molecule has 9 heteroatoms. The van der Waals surface area contributed by atoms with E-state index in [1.165, 1.54) is 12.1 Å². The van der Waals surface area contributed by atoms with Crippen molar-refractivity contribution in [2.24, 2.45) is 0 Å². The molecule has 0 bridgehead atoms. The minimum atomic E-state index is -1.04. The van der Waals surface area contributed by atoms with E-state index in [1.807, 2.05) is 54.6 Å². The van der Waals surface area contributed by atoms with Gasteiger partial charge in [0.15, 0.2) is 5.76 Å². The van der Waals surface area contributed by atoms with Gasteiger partial charge in [-0.2, -0.15) is 0 Å². The number of benzene rings is 4. The maximum atomic E-state index is 14.0. The van der Waals surface area contributed by atoms with Gasteiger partial charge in [0.25, 0.3) is 0 Å². The SMILES string of the molecule is C[C@@H](OC(=O)Nc1c(-c2ccc(-c3ccc(C4(C(=O)[O-])CC4)cc3)cc2)oc2cc(F)ccc12)c1ccccc1Cl.[Na+]. The molecule has 1 N–H and O–H groups in total. The Balaban J connectivity index is 0.00000353. The third-order valence-corrected chi connectivity index (χ3v) is 7.91. The van der Waals surface area contributed by atoms with Gasteiger partial charge < -0.3 is 19.1 Å². The van der Waals surface area contributed by atoms with Gasteiger partial charge in [-0.25, -0.2) is 9.18 Å². The van der Waals surface area contributed by atoms with Gasteiger partial charge in [0.2, 0.25) is 0 Å². The predicted octanol–water partition coefficient (Wildman–Crippen LogP) is 4.65. The maximum absolute atomic E-state index is 14.0. The monoisotopic (exact) mass is 591 g/mol. The fourth-order valence-electron chi connectivity index (χ4n) is 5.09. The summed E-state index contributed by atoms with van der Waals surface area (Å²) in [6, 6.07) is 26.1. The van der Waals surface area contributed by atoms with Crippen molar-refractivity contribution in [1.82, 2.24) is 0 Å². The molecule has 1 aromatic heterocycles. The number of aliphatic carboxylic acids is 1. The molecular weight excluding hydrogens is 568 g/mol. The molecule has 1 aliphatic rings. The van der Waals surface area contributed by atoms with E-state index in [2.05, 4.69) is 5.32 Å². The van der Waals surface area contributed by atoms with Crippen LogP contribution in [0.15, 0.2) is 95.4 Å². The molecule has 1 fully saturated rings. The number of carboxylic acid groups (broad SMARTS) is 1. The van der Waals surface area contributed by atoms with E-state index in [1.54, 1.807) is 31.2 Å². The van der Waals surface area contributed by atoms with Crippen LogP contribution >= 0.6 is 11.6 Å². The average Bonchev–Trinajstić information content (AvgIpc) is 3.71. The molecule has 0 spiro atoms. The van der Waals surface area contributed by atoms with Gasteiger partial charge >= 0.3 is 35.7 Å². The second-order valence-corrected chi connectivity index (χ2v) is 10.6. The van der Waals surface area contributed by atoms with Gasteiger partial charge in [0.1, 0.15) is 17.5 Å². The van der Waals surface area contributed by atoms with Crippen molar-refractivity contribution in [3.63, 3.8) is 0 Å². The zero-order valence-electron chi connectivity index (χ0n) is 22.9. The first-order chi connectivity index (χ1) is 19.7. The molecule has 0 aliphatic heterocycles. The van der Waals surface area contributed by atoms with Crippen LogP contribution < -0.4 is 40.0 Å². The molecule has 4 aromatic carbocycles. The molecule has 206 valence electrons. The smallest absolute Gasteiger partial charge is 0.549 e. The zero-order valence-corrected chi connectivity index (χ0v) is 25.7. The van der Waals surface area contributed by atoms with E-state index in [0.29, 0.717) is 45.8 Å². The van der Waals surface area contributed by atoms with E-state index in [-0.39, 0.29) is 35.1 Å². The summed E-state index contributed by atoms with van der Waals surface area (Å²) in [5.41, 5.74) is 3.66. The Morgan fingerprint density at radius 2 is 1.57 bits per heavy atom. The number of carboxylic acids is 1. The number of halogens is 2. The van der Waals surface area contributed by atoms with Gasteiger partial charge in [0.05, 0.1) is 11.7 Å². The minimum Gasteiger partial charge on any atom is -0.549 e. The van der Waals surface area contributed by atoms with Crippen molar-refractivity contribution in [3.8, 4) is 22.5 Å². The molecule has 6 rings (SSSR count). The van der Waals surface area contributed by atoms with Crippen LogP contribution in [0.25, 0.3) is 33.4 Å². The van der Waals surface area contributed by atoms with Crippen LogP contribution in [0.5, 0.6) is 0 Å². The van der Waals surface area contributed by atoms with E-state index in [9.17, 15) is 19.1 Å². The van der Waals surface area contributed by atoms with E-state index in [0.717, 1.165) is 16.7 Å². The molecule has 1 atom stereocenters. The van der Waals surface area contributed by atoms with Gasteiger partial charge in [-0.15, -0.1) is 0 Å². The maximum Gasteiger partial charge on any atom is 1.00 e. The summed E-state index contributed by atoms with van der Waals surface area (Å²) in [5.74, 6) is -1.16. The largest absolute Gasteiger partial charge is 1.00 e. The number of ether oxygens (including phenoxy) is 1. The molecule has 6 nitrogen and oxygen atoms in total. The summed E-state index contributed by atoms with van der Waals surface area (Å²) in [6.07, 6.45) is -0.149. The van der Waals surface area contributed by atoms with Gasteiger partial charge in [0, 0.05) is 33.0 Å². The van der Waals surface area contributed by atoms with Crippen molar-refractivity contribution in [2.45, 2.75) is 31.3 Å². The Bertz CT molecular complexity index is 1780. The Kier molecular flexibility index (Phi) is 8.49. The Morgan fingerprint density at radius 1 is 0.952 bits per heavy atom. The summed E-state index contributed by atoms with van der Waals surface area (Å²) in [6.45, 7) is 1.72. The number of anilines is 1. The standard InChI is InChI=1S/C33H25ClFNO5.Na/c1-19(25-4-2-3-5-27(25)34)40-32(39)36-29-26-15-14-24(35)18-28(26)41-30(29)22-8-6-20(7-9-22)21-10-12-23(13-11-21)33(16-17-33)31(37)38;/h2-15,18-19H,16-17H2,1H3,(H,36,39)(H,37,38);/q;+1/p-1/t19-;/m1./s1.